The average Bonchev–Trinajstić information content (AvgIpc) is 2.33. The van der Waals surface area contributed by atoms with Crippen LogP contribution < -0.4 is 0 Å². The molecule has 2 nitrogen and oxygen atoms in total. The maximum Gasteiger partial charge on any atom is 0.192 e. The molecule has 0 fully saturated rings. The van der Waals surface area contributed by atoms with Gasteiger partial charge in [-0.1, -0.05) is 48.5 Å². The first-order valence-electron chi connectivity index (χ1n) is 9.46. The van der Waals surface area contributed by atoms with Gasteiger partial charge in [0.25, 0.3) is 0 Å². The van der Waals surface area contributed by atoms with Gasteiger partial charge < -0.3 is 8.85 Å². The zero-order valence-corrected chi connectivity index (χ0v) is 19.9. The van der Waals surface area contributed by atoms with E-state index in [4.69, 9.17) is 8.85 Å². The van der Waals surface area contributed by atoms with Crippen LogP contribution in [0.3, 0.4) is 0 Å². The van der Waals surface area contributed by atoms with Crippen LogP contribution in [0.1, 0.15) is 74.1 Å². The monoisotopic (exact) mass is 360 g/mol. The first-order chi connectivity index (χ1) is 10.1. The van der Waals surface area contributed by atoms with Crippen molar-refractivity contribution in [3.8, 4) is 0 Å². The number of hydrogen-bond donors (Lipinski definition) is 0. The van der Waals surface area contributed by atoms with Crippen molar-refractivity contribution in [1.82, 2.24) is 0 Å². The summed E-state index contributed by atoms with van der Waals surface area (Å²) in [5.41, 5.74) is 0. The highest BCUT2D eigenvalue weighted by molar-refractivity contribution is 6.74. The molecule has 0 aliphatic rings. The van der Waals surface area contributed by atoms with E-state index in [0.717, 1.165) is 19.4 Å². The van der Waals surface area contributed by atoms with Gasteiger partial charge in [0.1, 0.15) is 0 Å². The number of unbranched alkanes of at least 4 members (excludes halogenated alkanes) is 1. The van der Waals surface area contributed by atoms with Crippen LogP contribution in [0.2, 0.25) is 36.3 Å². The summed E-state index contributed by atoms with van der Waals surface area (Å²) >= 11 is 0. The summed E-state index contributed by atoms with van der Waals surface area (Å²) in [4.78, 5) is 0. The molecule has 0 heterocycles. The van der Waals surface area contributed by atoms with Gasteiger partial charge in [-0.05, 0) is 61.9 Å². The molecule has 1 unspecified atom stereocenters. The maximum absolute atomic E-state index is 6.56. The van der Waals surface area contributed by atoms with Crippen LogP contribution in [0, 0.1) is 0 Å². The zero-order valence-electron chi connectivity index (χ0n) is 17.9. The molecule has 0 aromatic heterocycles. The summed E-state index contributed by atoms with van der Waals surface area (Å²) in [6, 6.07) is 0. The summed E-state index contributed by atoms with van der Waals surface area (Å²) in [5.74, 6) is 0. The molecule has 0 rings (SSSR count). The number of hydrogen-bond acceptors (Lipinski definition) is 2. The Labute approximate surface area is 149 Å². The lowest BCUT2D eigenvalue weighted by atomic mass is 10.1. The van der Waals surface area contributed by atoms with Crippen LogP contribution in [-0.4, -0.2) is 29.3 Å². The lowest BCUT2D eigenvalue weighted by Gasteiger charge is -2.39. The zero-order chi connectivity index (χ0) is 18.5. The fourth-order valence-electron chi connectivity index (χ4n) is 1.96. The van der Waals surface area contributed by atoms with Crippen molar-refractivity contribution in [2.75, 3.05) is 6.61 Å². The predicted octanol–water partition coefficient (Wildman–Crippen LogP) is 6.98. The van der Waals surface area contributed by atoms with E-state index in [1.807, 2.05) is 0 Å². The third kappa shape index (κ3) is 7.85. The molecule has 1 atom stereocenters. The van der Waals surface area contributed by atoms with Gasteiger partial charge in [0.15, 0.2) is 16.6 Å². The molecule has 0 spiro atoms. The second-order valence-corrected chi connectivity index (χ2v) is 19.6. The Kier molecular flexibility index (Phi) is 8.77. The fourth-order valence-corrected chi connectivity index (χ4v) is 4.52. The van der Waals surface area contributed by atoms with Crippen molar-refractivity contribution in [2.24, 2.45) is 0 Å². The van der Waals surface area contributed by atoms with E-state index in [2.05, 4.69) is 74.7 Å². The minimum atomic E-state index is -1.64. The Hall–Kier alpha value is 0.354. The molecule has 0 aliphatic heterocycles. The topological polar surface area (TPSA) is 18.5 Å². The minimum Gasteiger partial charge on any atom is -0.417 e. The normalized spacial score (nSPS) is 15.8. The molecule has 0 saturated heterocycles. The van der Waals surface area contributed by atoms with Crippen molar-refractivity contribution in [3.63, 3.8) is 0 Å². The summed E-state index contributed by atoms with van der Waals surface area (Å²) < 4.78 is 12.8. The SMILES string of the molecule is CCC(CCCCO[Si](C)(C)C(C)(C)C)O[Si](C)(C)C(C)(C)C. The van der Waals surface area contributed by atoms with Crippen LogP contribution in [0.5, 0.6) is 0 Å². The first kappa shape index (κ1) is 23.4. The van der Waals surface area contributed by atoms with Crippen LogP contribution in [0.25, 0.3) is 0 Å². The van der Waals surface area contributed by atoms with Crippen LogP contribution in [0.15, 0.2) is 0 Å². The van der Waals surface area contributed by atoms with E-state index >= 15 is 0 Å². The highest BCUT2D eigenvalue weighted by Gasteiger charge is 2.39. The molecule has 0 bridgehead atoms. The van der Waals surface area contributed by atoms with E-state index < -0.39 is 16.6 Å². The molecule has 0 saturated carbocycles. The van der Waals surface area contributed by atoms with Gasteiger partial charge in [0.05, 0.1) is 0 Å². The second kappa shape index (κ2) is 8.64. The van der Waals surface area contributed by atoms with Crippen molar-refractivity contribution < 1.29 is 8.85 Å². The van der Waals surface area contributed by atoms with Crippen LogP contribution in [0.4, 0.5) is 0 Å². The van der Waals surface area contributed by atoms with Gasteiger partial charge in [-0.15, -0.1) is 0 Å². The third-order valence-electron chi connectivity index (χ3n) is 5.91. The van der Waals surface area contributed by atoms with Gasteiger partial charge in [-0.25, -0.2) is 0 Å². The van der Waals surface area contributed by atoms with Gasteiger partial charge in [-0.2, -0.15) is 0 Å². The molecule has 0 aromatic rings. The summed E-state index contributed by atoms with van der Waals surface area (Å²) in [5, 5.41) is 0.607. The molecule has 4 heteroatoms. The Balaban J connectivity index is 4.21. The van der Waals surface area contributed by atoms with Gasteiger partial charge in [0.2, 0.25) is 0 Å². The molecule has 23 heavy (non-hydrogen) atoms. The molecule has 0 radical (unpaired) electrons. The smallest absolute Gasteiger partial charge is 0.192 e. The molecular weight excluding hydrogens is 316 g/mol. The van der Waals surface area contributed by atoms with E-state index in [0.29, 0.717) is 16.2 Å². The Bertz CT molecular complexity index is 338. The molecular formula is C19H44O2Si2. The largest absolute Gasteiger partial charge is 0.417 e. The highest BCUT2D eigenvalue weighted by atomic mass is 28.4. The lowest BCUT2D eigenvalue weighted by molar-refractivity contribution is 0.159. The highest BCUT2D eigenvalue weighted by Crippen LogP contribution is 2.38. The van der Waals surface area contributed by atoms with Crippen LogP contribution in [-0.2, 0) is 8.85 Å². The Morgan fingerprint density at radius 2 is 1.26 bits per heavy atom. The van der Waals surface area contributed by atoms with Crippen molar-refractivity contribution >= 4 is 16.6 Å². The van der Waals surface area contributed by atoms with E-state index in [1.54, 1.807) is 0 Å². The average molecular weight is 361 g/mol. The van der Waals surface area contributed by atoms with Crippen molar-refractivity contribution in [3.05, 3.63) is 0 Å². The van der Waals surface area contributed by atoms with Gasteiger partial charge >= 0.3 is 0 Å². The summed E-state index contributed by atoms with van der Waals surface area (Å²) in [6.45, 7) is 26.4. The quantitative estimate of drug-likeness (QED) is 0.326. The third-order valence-corrected chi connectivity index (χ3v) is 15.0. The second-order valence-electron chi connectivity index (χ2n) is 10.0. The Morgan fingerprint density at radius 1 is 0.783 bits per heavy atom. The maximum atomic E-state index is 6.56. The Morgan fingerprint density at radius 3 is 1.65 bits per heavy atom. The first-order valence-corrected chi connectivity index (χ1v) is 15.3. The molecule has 140 valence electrons. The van der Waals surface area contributed by atoms with E-state index in [-0.39, 0.29) is 0 Å². The standard InChI is InChI=1S/C19H44O2Si2/c1-12-17(21-23(10,11)19(5,6)7)15-13-14-16-20-22(8,9)18(2,3)4/h17H,12-16H2,1-11H3. The molecule has 0 amide bonds. The predicted molar refractivity (Wildman–Crippen MR) is 109 cm³/mol. The summed E-state index contributed by atoms with van der Waals surface area (Å²) in [7, 11) is -3.21. The van der Waals surface area contributed by atoms with Gasteiger partial charge in [-0.3, -0.25) is 0 Å². The van der Waals surface area contributed by atoms with Crippen molar-refractivity contribution in [2.45, 2.75) is 117 Å². The van der Waals surface area contributed by atoms with Crippen molar-refractivity contribution in [1.29, 1.82) is 0 Å². The fraction of sp³-hybridized carbons (Fsp3) is 1.00. The lowest BCUT2D eigenvalue weighted by Crippen LogP contribution is -2.43. The van der Waals surface area contributed by atoms with Crippen LogP contribution >= 0.6 is 0 Å². The minimum absolute atomic E-state index is 0.297. The molecule has 0 N–H and O–H groups in total. The van der Waals surface area contributed by atoms with E-state index in [1.165, 1.54) is 12.8 Å². The van der Waals surface area contributed by atoms with Gasteiger partial charge in [0, 0.05) is 12.7 Å². The summed E-state index contributed by atoms with van der Waals surface area (Å²) in [6.07, 6.45) is 5.08. The van der Waals surface area contributed by atoms with E-state index in [9.17, 15) is 0 Å². The molecule has 0 aromatic carbocycles. The molecule has 0 aliphatic carbocycles. The number of rotatable bonds is 9.